The van der Waals surface area contributed by atoms with E-state index in [-0.39, 0.29) is 16.1 Å². The zero-order valence-electron chi connectivity index (χ0n) is 6.79. The number of nitrogens with zero attached hydrogens (tertiary/aromatic N) is 3. The lowest BCUT2D eigenvalue weighted by Gasteiger charge is -2.04. The number of thioether (sulfide) groups is 1. The molecule has 0 bridgehead atoms. The molecule has 0 spiro atoms. The third-order valence-corrected chi connectivity index (χ3v) is 2.85. The van der Waals surface area contributed by atoms with Gasteiger partial charge >= 0.3 is 5.51 Å². The second-order valence-electron chi connectivity index (χ2n) is 2.29. The summed E-state index contributed by atoms with van der Waals surface area (Å²) in [5.41, 5.74) is -4.29. The van der Waals surface area contributed by atoms with E-state index >= 15 is 0 Å². The number of hydrogen-bond acceptors (Lipinski definition) is 5. The van der Waals surface area contributed by atoms with Crippen LogP contribution in [0.25, 0.3) is 0 Å². The summed E-state index contributed by atoms with van der Waals surface area (Å²) in [4.78, 5) is 1.61. The predicted molar refractivity (Wildman–Crippen MR) is 46.1 cm³/mol. The molecule has 1 aromatic heterocycles. The molecule has 0 unspecified atom stereocenters. The summed E-state index contributed by atoms with van der Waals surface area (Å²) in [6.45, 7) is 0. The Morgan fingerprint density at radius 2 is 1.92 bits per heavy atom. The van der Waals surface area contributed by atoms with Crippen molar-refractivity contribution in [3.05, 3.63) is 0 Å². The van der Waals surface area contributed by atoms with Crippen molar-refractivity contribution in [2.45, 2.75) is 9.85 Å². The molecule has 0 saturated heterocycles. The van der Waals surface area contributed by atoms with Crippen LogP contribution in [0, 0.1) is 0 Å². The van der Waals surface area contributed by atoms with E-state index in [9.17, 15) is 13.2 Å². The van der Waals surface area contributed by atoms with Crippen molar-refractivity contribution in [3.8, 4) is 0 Å². The van der Waals surface area contributed by atoms with Crippen LogP contribution in [-0.2, 0) is 0 Å². The second kappa shape index (κ2) is 3.70. The quantitative estimate of drug-likeness (QED) is 0.727. The minimum atomic E-state index is -4.29. The highest BCUT2D eigenvalue weighted by atomic mass is 32.2. The van der Waals surface area contributed by atoms with Crippen LogP contribution in [0.15, 0.2) is 4.34 Å². The van der Waals surface area contributed by atoms with Crippen LogP contribution in [0.5, 0.6) is 0 Å². The van der Waals surface area contributed by atoms with Crippen molar-refractivity contribution in [2.24, 2.45) is 0 Å². The van der Waals surface area contributed by atoms with Crippen LogP contribution < -0.4 is 4.90 Å². The van der Waals surface area contributed by atoms with Crippen molar-refractivity contribution < 1.29 is 13.2 Å². The second-order valence-corrected chi connectivity index (χ2v) is 4.56. The van der Waals surface area contributed by atoms with Crippen molar-refractivity contribution in [1.29, 1.82) is 0 Å². The first kappa shape index (κ1) is 10.6. The largest absolute Gasteiger partial charge is 0.448 e. The SMILES string of the molecule is CN(C)c1nnc(SC(F)(F)F)s1. The van der Waals surface area contributed by atoms with Gasteiger partial charge in [-0.2, -0.15) is 13.2 Å². The first-order valence-corrected chi connectivity index (χ1v) is 4.78. The summed E-state index contributed by atoms with van der Waals surface area (Å²) >= 11 is 0.672. The maximum Gasteiger partial charge on any atom is 0.448 e. The van der Waals surface area contributed by atoms with Gasteiger partial charge in [0, 0.05) is 25.9 Å². The third-order valence-electron chi connectivity index (χ3n) is 0.981. The number of halogens is 3. The minimum absolute atomic E-state index is 0.0869. The van der Waals surface area contributed by atoms with Crippen LogP contribution in [0.3, 0.4) is 0 Å². The molecule has 0 radical (unpaired) electrons. The maximum absolute atomic E-state index is 11.8. The zero-order valence-corrected chi connectivity index (χ0v) is 8.43. The molecule has 13 heavy (non-hydrogen) atoms. The van der Waals surface area contributed by atoms with Crippen molar-refractivity contribution >= 4 is 28.2 Å². The molecule has 0 saturated carbocycles. The topological polar surface area (TPSA) is 29.0 Å². The zero-order chi connectivity index (χ0) is 10.1. The Kier molecular flexibility index (Phi) is 3.01. The van der Waals surface area contributed by atoms with E-state index in [0.29, 0.717) is 5.13 Å². The fourth-order valence-corrected chi connectivity index (χ4v) is 1.98. The molecule has 8 heteroatoms. The highest BCUT2D eigenvalue weighted by Gasteiger charge is 2.31. The predicted octanol–water partition coefficient (Wildman–Crippen LogP) is 2.22. The lowest BCUT2D eigenvalue weighted by molar-refractivity contribution is -0.0328. The van der Waals surface area contributed by atoms with Crippen LogP contribution in [-0.4, -0.2) is 29.8 Å². The van der Waals surface area contributed by atoms with Gasteiger partial charge in [-0.1, -0.05) is 11.3 Å². The van der Waals surface area contributed by atoms with Crippen LogP contribution in [0.2, 0.25) is 0 Å². The third kappa shape index (κ3) is 3.39. The molecule has 1 aromatic rings. The Balaban J connectivity index is 2.70. The molecule has 0 N–H and O–H groups in total. The van der Waals surface area contributed by atoms with Gasteiger partial charge in [0.25, 0.3) is 0 Å². The van der Waals surface area contributed by atoms with E-state index in [1.807, 2.05) is 0 Å². The lowest BCUT2D eigenvalue weighted by atomic mass is 10.9. The normalized spacial score (nSPS) is 11.8. The first-order valence-electron chi connectivity index (χ1n) is 3.15. The molecule has 0 fully saturated rings. The Hall–Kier alpha value is -0.500. The van der Waals surface area contributed by atoms with E-state index in [4.69, 9.17) is 0 Å². The highest BCUT2D eigenvalue weighted by Crippen LogP contribution is 2.39. The van der Waals surface area contributed by atoms with Crippen molar-refractivity contribution in [1.82, 2.24) is 10.2 Å². The standard InChI is InChI=1S/C5H6F3N3S2/c1-11(2)3-9-10-4(12-3)13-5(6,7)8/h1-2H3. The van der Waals surface area contributed by atoms with Gasteiger partial charge in [0.1, 0.15) is 0 Å². The van der Waals surface area contributed by atoms with Crippen LogP contribution >= 0.6 is 23.1 Å². The molecule has 0 aliphatic heterocycles. The van der Waals surface area contributed by atoms with Gasteiger partial charge in [0.15, 0.2) is 4.34 Å². The molecule has 74 valence electrons. The van der Waals surface area contributed by atoms with E-state index in [2.05, 4.69) is 10.2 Å². The Morgan fingerprint density at radius 1 is 1.31 bits per heavy atom. The van der Waals surface area contributed by atoms with Crippen molar-refractivity contribution in [3.63, 3.8) is 0 Å². The van der Waals surface area contributed by atoms with Gasteiger partial charge in [0.05, 0.1) is 0 Å². The molecule has 0 aliphatic rings. The lowest BCUT2D eigenvalue weighted by Crippen LogP contribution is -2.07. The van der Waals surface area contributed by atoms with Gasteiger partial charge in [-0.15, -0.1) is 10.2 Å². The Morgan fingerprint density at radius 3 is 2.31 bits per heavy atom. The number of rotatable bonds is 2. The fourth-order valence-electron chi connectivity index (χ4n) is 0.523. The Labute approximate surface area is 81.0 Å². The first-order chi connectivity index (χ1) is 5.88. The summed E-state index contributed by atoms with van der Waals surface area (Å²) in [5.74, 6) is 0. The summed E-state index contributed by atoms with van der Waals surface area (Å²) in [5, 5.41) is 7.43. The summed E-state index contributed by atoms with van der Waals surface area (Å²) < 4.78 is 35.4. The van der Waals surface area contributed by atoms with Gasteiger partial charge in [-0.3, -0.25) is 0 Å². The molecular weight excluding hydrogens is 223 g/mol. The van der Waals surface area contributed by atoms with Gasteiger partial charge in [-0.05, 0) is 0 Å². The number of aromatic nitrogens is 2. The monoisotopic (exact) mass is 229 g/mol. The Bertz CT molecular complexity index is 283. The number of alkyl halides is 3. The molecule has 0 aromatic carbocycles. The van der Waals surface area contributed by atoms with Crippen LogP contribution in [0.1, 0.15) is 0 Å². The van der Waals surface area contributed by atoms with E-state index in [0.717, 1.165) is 11.3 Å². The molecule has 0 atom stereocenters. The van der Waals surface area contributed by atoms with Gasteiger partial charge < -0.3 is 4.90 Å². The van der Waals surface area contributed by atoms with E-state index in [1.165, 1.54) is 0 Å². The fraction of sp³-hybridized carbons (Fsp3) is 0.600. The molecule has 0 aliphatic carbocycles. The summed E-state index contributed by atoms with van der Waals surface area (Å²) in [7, 11) is 3.39. The summed E-state index contributed by atoms with van der Waals surface area (Å²) in [6.07, 6.45) is 0. The summed E-state index contributed by atoms with van der Waals surface area (Å²) in [6, 6.07) is 0. The average Bonchev–Trinajstić information content (AvgIpc) is 2.31. The highest BCUT2D eigenvalue weighted by molar-refractivity contribution is 8.01. The van der Waals surface area contributed by atoms with Gasteiger partial charge in [0.2, 0.25) is 5.13 Å². The minimum Gasteiger partial charge on any atom is -0.353 e. The van der Waals surface area contributed by atoms with E-state index in [1.54, 1.807) is 19.0 Å². The molecule has 1 rings (SSSR count). The molecular formula is C5H6F3N3S2. The van der Waals surface area contributed by atoms with E-state index < -0.39 is 5.51 Å². The van der Waals surface area contributed by atoms with Crippen LogP contribution in [0.4, 0.5) is 18.3 Å². The smallest absolute Gasteiger partial charge is 0.353 e. The maximum atomic E-state index is 11.8. The molecule has 0 amide bonds. The van der Waals surface area contributed by atoms with Crippen molar-refractivity contribution in [2.75, 3.05) is 19.0 Å². The molecule has 1 heterocycles. The molecule has 3 nitrogen and oxygen atoms in total. The number of hydrogen-bond donors (Lipinski definition) is 0. The van der Waals surface area contributed by atoms with Gasteiger partial charge in [-0.25, -0.2) is 0 Å². The number of anilines is 1. The average molecular weight is 229 g/mol.